The fourth-order valence-electron chi connectivity index (χ4n) is 1.95. The van der Waals surface area contributed by atoms with Gasteiger partial charge in [0, 0.05) is 19.6 Å². The highest BCUT2D eigenvalue weighted by Crippen LogP contribution is 2.23. The van der Waals surface area contributed by atoms with Crippen molar-refractivity contribution in [1.82, 2.24) is 25.1 Å². The summed E-state index contributed by atoms with van der Waals surface area (Å²) in [6.45, 7) is 4.94. The first-order valence-corrected chi connectivity index (χ1v) is 6.76. The number of halogens is 1. The van der Waals surface area contributed by atoms with Crippen molar-refractivity contribution in [2.45, 2.75) is 13.3 Å². The normalized spacial score (nSPS) is 11.4. The highest BCUT2D eigenvalue weighted by molar-refractivity contribution is 6.28. The molecule has 2 aromatic rings. The Morgan fingerprint density at radius 3 is 2.68 bits per heavy atom. The summed E-state index contributed by atoms with van der Waals surface area (Å²) in [5, 5.41) is 8.02. The van der Waals surface area contributed by atoms with E-state index in [0.29, 0.717) is 5.65 Å². The molecule has 2 rings (SSSR count). The van der Waals surface area contributed by atoms with Gasteiger partial charge in [0.15, 0.2) is 5.65 Å². The zero-order valence-electron chi connectivity index (χ0n) is 11.5. The van der Waals surface area contributed by atoms with E-state index < -0.39 is 0 Å². The Morgan fingerprint density at radius 1 is 1.21 bits per heavy atom. The molecule has 0 radical (unpaired) electrons. The van der Waals surface area contributed by atoms with Crippen molar-refractivity contribution in [2.24, 2.45) is 0 Å². The molecule has 0 amide bonds. The van der Waals surface area contributed by atoms with Crippen LogP contribution in [0.1, 0.15) is 13.3 Å². The van der Waals surface area contributed by atoms with Crippen molar-refractivity contribution in [3.8, 4) is 0 Å². The summed E-state index contributed by atoms with van der Waals surface area (Å²) in [7, 11) is 4.12. The molecule has 0 saturated heterocycles. The van der Waals surface area contributed by atoms with Gasteiger partial charge < -0.3 is 9.80 Å². The van der Waals surface area contributed by atoms with Crippen LogP contribution in [0, 0.1) is 0 Å². The lowest BCUT2D eigenvalue weighted by Gasteiger charge is -2.25. The molecule has 0 saturated carbocycles. The number of likely N-dealkylation sites (N-methyl/N-ethyl adjacent to an activating group) is 1. The monoisotopic (exact) mass is 282 g/mol. The molecule has 0 aromatic carbocycles. The first-order valence-electron chi connectivity index (χ1n) is 6.38. The molecule has 0 unspecified atom stereocenters. The number of nitrogens with one attached hydrogen (secondary N) is 1. The van der Waals surface area contributed by atoms with Crippen molar-refractivity contribution >= 4 is 28.5 Å². The highest BCUT2D eigenvalue weighted by atomic mass is 35.5. The minimum Gasteiger partial charge on any atom is -0.355 e. The molecule has 7 heteroatoms. The average Bonchev–Trinajstić information content (AvgIpc) is 2.81. The molecule has 0 atom stereocenters. The minimum atomic E-state index is 0.248. The fourth-order valence-corrected chi connectivity index (χ4v) is 2.11. The van der Waals surface area contributed by atoms with Crippen molar-refractivity contribution in [3.63, 3.8) is 0 Å². The van der Waals surface area contributed by atoms with Gasteiger partial charge in [-0.2, -0.15) is 15.1 Å². The Hall–Kier alpha value is -1.40. The molecule has 0 spiro atoms. The van der Waals surface area contributed by atoms with Crippen LogP contribution in [0.4, 0.5) is 5.82 Å². The summed E-state index contributed by atoms with van der Waals surface area (Å²) in [6.07, 6.45) is 2.80. The summed E-state index contributed by atoms with van der Waals surface area (Å²) in [5.41, 5.74) is 0.681. The van der Waals surface area contributed by atoms with Crippen molar-refractivity contribution in [2.75, 3.05) is 38.6 Å². The first kappa shape index (κ1) is 14.0. The highest BCUT2D eigenvalue weighted by Gasteiger charge is 2.15. The standard InChI is InChI=1S/C12H19ClN6/c1-4-5-19(7-6-18(2)3)11-9-8-14-17-10(9)15-12(13)16-11/h8H,4-7H2,1-3H3,(H,14,15,16,17). The van der Waals surface area contributed by atoms with Gasteiger partial charge in [-0.25, -0.2) is 0 Å². The van der Waals surface area contributed by atoms with E-state index in [0.717, 1.165) is 37.3 Å². The first-order chi connectivity index (χ1) is 9.11. The molecule has 0 aliphatic rings. The molecule has 0 bridgehead atoms. The molecular formula is C12H19ClN6. The van der Waals surface area contributed by atoms with Crippen molar-refractivity contribution in [3.05, 3.63) is 11.5 Å². The summed E-state index contributed by atoms with van der Waals surface area (Å²) in [5.74, 6) is 0.854. The lowest BCUT2D eigenvalue weighted by atomic mass is 10.3. The van der Waals surface area contributed by atoms with E-state index in [9.17, 15) is 0 Å². The molecule has 0 fully saturated rings. The Balaban J connectivity index is 2.34. The number of hydrogen-bond acceptors (Lipinski definition) is 5. The third-order valence-electron chi connectivity index (χ3n) is 2.87. The molecule has 0 aliphatic carbocycles. The van der Waals surface area contributed by atoms with Gasteiger partial charge in [-0.3, -0.25) is 5.10 Å². The number of hydrogen-bond donors (Lipinski definition) is 1. The molecule has 1 N–H and O–H groups in total. The van der Waals surface area contributed by atoms with Crippen LogP contribution in [-0.2, 0) is 0 Å². The molecule has 2 heterocycles. The van der Waals surface area contributed by atoms with Crippen LogP contribution in [0.15, 0.2) is 6.20 Å². The lowest BCUT2D eigenvalue weighted by molar-refractivity contribution is 0.412. The number of fused-ring (bicyclic) bond motifs is 1. The second-order valence-corrected chi connectivity index (χ2v) is 5.08. The van der Waals surface area contributed by atoms with E-state index in [4.69, 9.17) is 11.6 Å². The maximum absolute atomic E-state index is 5.98. The Morgan fingerprint density at radius 2 is 2.00 bits per heavy atom. The van der Waals surface area contributed by atoms with E-state index in [2.05, 4.69) is 51.0 Å². The van der Waals surface area contributed by atoms with Crippen LogP contribution < -0.4 is 4.90 Å². The van der Waals surface area contributed by atoms with E-state index >= 15 is 0 Å². The number of aromatic amines is 1. The number of nitrogens with zero attached hydrogens (tertiary/aromatic N) is 5. The van der Waals surface area contributed by atoms with E-state index in [1.807, 2.05) is 0 Å². The second kappa shape index (κ2) is 6.16. The predicted molar refractivity (Wildman–Crippen MR) is 77.8 cm³/mol. The largest absolute Gasteiger partial charge is 0.355 e. The zero-order valence-corrected chi connectivity index (χ0v) is 12.3. The van der Waals surface area contributed by atoms with Gasteiger partial charge in [-0.15, -0.1) is 0 Å². The molecule has 104 valence electrons. The number of rotatable bonds is 6. The van der Waals surface area contributed by atoms with Gasteiger partial charge in [0.1, 0.15) is 5.82 Å². The van der Waals surface area contributed by atoms with Gasteiger partial charge in [0.25, 0.3) is 0 Å². The van der Waals surface area contributed by atoms with Crippen molar-refractivity contribution in [1.29, 1.82) is 0 Å². The predicted octanol–water partition coefficient (Wildman–Crippen LogP) is 1.78. The summed E-state index contributed by atoms with van der Waals surface area (Å²) in [6, 6.07) is 0. The van der Waals surface area contributed by atoms with E-state index in [1.165, 1.54) is 0 Å². The van der Waals surface area contributed by atoms with Crippen LogP contribution in [0.3, 0.4) is 0 Å². The zero-order chi connectivity index (χ0) is 13.8. The number of aromatic nitrogens is 4. The van der Waals surface area contributed by atoms with Crippen LogP contribution in [0.5, 0.6) is 0 Å². The van der Waals surface area contributed by atoms with Gasteiger partial charge in [0.2, 0.25) is 5.28 Å². The number of anilines is 1. The quantitative estimate of drug-likeness (QED) is 0.819. The molecular weight excluding hydrogens is 264 g/mol. The van der Waals surface area contributed by atoms with Gasteiger partial charge in [-0.05, 0) is 32.1 Å². The SMILES string of the molecule is CCCN(CCN(C)C)c1nc(Cl)nc2[nH]ncc12. The summed E-state index contributed by atoms with van der Waals surface area (Å²) < 4.78 is 0. The maximum Gasteiger partial charge on any atom is 0.226 e. The average molecular weight is 283 g/mol. The van der Waals surface area contributed by atoms with Gasteiger partial charge in [0.05, 0.1) is 11.6 Å². The minimum absolute atomic E-state index is 0.248. The topological polar surface area (TPSA) is 60.9 Å². The van der Waals surface area contributed by atoms with Crippen molar-refractivity contribution < 1.29 is 0 Å². The maximum atomic E-state index is 5.98. The molecule has 2 aromatic heterocycles. The second-order valence-electron chi connectivity index (χ2n) is 4.74. The smallest absolute Gasteiger partial charge is 0.226 e. The lowest BCUT2D eigenvalue weighted by Crippen LogP contribution is -2.33. The third-order valence-corrected chi connectivity index (χ3v) is 3.04. The molecule has 6 nitrogen and oxygen atoms in total. The Bertz CT molecular complexity index is 538. The Kier molecular flexibility index (Phi) is 4.55. The van der Waals surface area contributed by atoms with Crippen LogP contribution >= 0.6 is 11.6 Å². The van der Waals surface area contributed by atoms with Gasteiger partial charge in [-0.1, -0.05) is 6.92 Å². The van der Waals surface area contributed by atoms with Crippen LogP contribution in [0.25, 0.3) is 11.0 Å². The van der Waals surface area contributed by atoms with Crippen LogP contribution in [0.2, 0.25) is 5.28 Å². The van der Waals surface area contributed by atoms with Crippen LogP contribution in [-0.4, -0.2) is 58.8 Å². The van der Waals surface area contributed by atoms with Gasteiger partial charge >= 0.3 is 0 Å². The molecule has 19 heavy (non-hydrogen) atoms. The summed E-state index contributed by atoms with van der Waals surface area (Å²) in [4.78, 5) is 12.9. The fraction of sp³-hybridized carbons (Fsp3) is 0.583. The van der Waals surface area contributed by atoms with E-state index in [1.54, 1.807) is 6.20 Å². The number of H-pyrrole nitrogens is 1. The van der Waals surface area contributed by atoms with E-state index in [-0.39, 0.29) is 5.28 Å². The molecule has 0 aliphatic heterocycles. The summed E-state index contributed by atoms with van der Waals surface area (Å²) >= 11 is 5.98. The Labute approximate surface area is 117 Å². The third kappa shape index (κ3) is 3.33.